The lowest BCUT2D eigenvalue weighted by atomic mass is 9.80. The summed E-state index contributed by atoms with van der Waals surface area (Å²) in [6, 6.07) is 13.0. The third kappa shape index (κ3) is 3.36. The number of carboxylic acids is 1. The quantitative estimate of drug-likeness (QED) is 0.600. The van der Waals surface area contributed by atoms with Crippen LogP contribution in [0.2, 0.25) is 0 Å². The molecule has 2 unspecified atom stereocenters. The molecular weight excluding hydrogens is 392 g/mol. The zero-order chi connectivity index (χ0) is 21.7. The second-order valence-corrected chi connectivity index (χ2v) is 8.78. The number of piperidine rings is 1. The molecule has 31 heavy (non-hydrogen) atoms. The number of hydrogen-bond acceptors (Lipinski definition) is 5. The molecule has 2 aromatic carbocycles. The maximum atomic E-state index is 13.0. The van der Waals surface area contributed by atoms with Gasteiger partial charge in [0.15, 0.2) is 5.43 Å². The van der Waals surface area contributed by atoms with Gasteiger partial charge in [0.1, 0.15) is 5.58 Å². The second kappa shape index (κ2) is 7.45. The number of nitrogens with one attached hydrogen (secondary N) is 1. The van der Waals surface area contributed by atoms with Crippen molar-refractivity contribution < 1.29 is 14.3 Å². The summed E-state index contributed by atoms with van der Waals surface area (Å²) >= 11 is 0. The number of hydrogen-bond donors (Lipinski definition) is 2. The molecule has 2 bridgehead atoms. The molecule has 1 aromatic heterocycles. The minimum absolute atomic E-state index is 0.0377. The standard InChI is InChI=1S/C25H26N2O4/c1-14-10-19(15(2)26-21-9-4-3-8-18(21)25(29)30)24-20(11-14)22(28)13-23(31-24)27-16-6-5-7-17(27)12-16/h3-4,8-11,13,15-17,26H,5-7,12H2,1-2H3,(H,29,30)/t15-,16?,17?/m1/s1. The van der Waals surface area contributed by atoms with E-state index in [1.54, 1.807) is 30.3 Å². The Kier molecular flexibility index (Phi) is 4.73. The van der Waals surface area contributed by atoms with Crippen LogP contribution in [0, 0.1) is 6.92 Å². The van der Waals surface area contributed by atoms with Crippen LogP contribution in [-0.2, 0) is 0 Å². The van der Waals surface area contributed by atoms with Crippen LogP contribution in [0.5, 0.6) is 0 Å². The van der Waals surface area contributed by atoms with E-state index in [9.17, 15) is 14.7 Å². The van der Waals surface area contributed by atoms with E-state index in [0.29, 0.717) is 34.6 Å². The molecule has 2 N–H and O–H groups in total. The molecule has 5 rings (SSSR count). The van der Waals surface area contributed by atoms with Gasteiger partial charge in [0.2, 0.25) is 5.88 Å². The van der Waals surface area contributed by atoms with Crippen molar-refractivity contribution in [3.05, 3.63) is 69.4 Å². The second-order valence-electron chi connectivity index (χ2n) is 8.78. The first-order chi connectivity index (χ1) is 14.9. The van der Waals surface area contributed by atoms with Gasteiger partial charge in [0.25, 0.3) is 0 Å². The van der Waals surface area contributed by atoms with Gasteiger partial charge in [-0.25, -0.2) is 4.79 Å². The number of aryl methyl sites for hydroxylation is 1. The van der Waals surface area contributed by atoms with Crippen molar-refractivity contribution in [3.63, 3.8) is 0 Å². The highest BCUT2D eigenvalue weighted by Gasteiger charge is 2.42. The molecule has 160 valence electrons. The maximum Gasteiger partial charge on any atom is 0.337 e. The van der Waals surface area contributed by atoms with E-state index < -0.39 is 5.97 Å². The normalized spacial score (nSPS) is 20.9. The van der Waals surface area contributed by atoms with E-state index in [1.165, 1.54) is 12.8 Å². The molecule has 2 saturated heterocycles. The molecular formula is C25H26N2O4. The smallest absolute Gasteiger partial charge is 0.337 e. The molecule has 0 aliphatic carbocycles. The van der Waals surface area contributed by atoms with E-state index in [-0.39, 0.29) is 17.0 Å². The van der Waals surface area contributed by atoms with Gasteiger partial charge in [-0.3, -0.25) is 4.79 Å². The van der Waals surface area contributed by atoms with Crippen molar-refractivity contribution in [2.45, 2.75) is 57.7 Å². The van der Waals surface area contributed by atoms with Crippen LogP contribution in [0.15, 0.2) is 51.7 Å². The van der Waals surface area contributed by atoms with Gasteiger partial charge in [0, 0.05) is 29.4 Å². The van der Waals surface area contributed by atoms with Crippen LogP contribution in [-0.4, -0.2) is 23.2 Å². The van der Waals surface area contributed by atoms with E-state index >= 15 is 0 Å². The number of benzene rings is 2. The maximum absolute atomic E-state index is 13.0. The Balaban J connectivity index is 1.58. The van der Waals surface area contributed by atoms with Crippen molar-refractivity contribution >= 4 is 28.5 Å². The summed E-state index contributed by atoms with van der Waals surface area (Å²) < 4.78 is 6.38. The average Bonchev–Trinajstić information content (AvgIpc) is 2.74. The van der Waals surface area contributed by atoms with Crippen molar-refractivity contribution in [1.82, 2.24) is 0 Å². The lowest BCUT2D eigenvalue weighted by Gasteiger charge is -2.53. The molecule has 3 aromatic rings. The lowest BCUT2D eigenvalue weighted by Crippen LogP contribution is -2.59. The lowest BCUT2D eigenvalue weighted by molar-refractivity contribution is 0.0698. The number of aromatic carboxylic acids is 1. The van der Waals surface area contributed by atoms with Crippen LogP contribution in [0.1, 0.15) is 60.1 Å². The van der Waals surface area contributed by atoms with Crippen LogP contribution in [0.3, 0.4) is 0 Å². The van der Waals surface area contributed by atoms with E-state index in [4.69, 9.17) is 4.42 Å². The van der Waals surface area contributed by atoms with Gasteiger partial charge >= 0.3 is 5.97 Å². The number of anilines is 2. The van der Waals surface area contributed by atoms with Gasteiger partial charge in [-0.1, -0.05) is 18.2 Å². The summed E-state index contributed by atoms with van der Waals surface area (Å²) in [6.45, 7) is 3.91. The third-order valence-corrected chi connectivity index (χ3v) is 6.64. The van der Waals surface area contributed by atoms with E-state index in [1.807, 2.05) is 26.0 Å². The predicted octanol–water partition coefficient (Wildman–Crippen LogP) is 5.10. The highest BCUT2D eigenvalue weighted by atomic mass is 16.4. The number of carbonyl (C=O) groups is 1. The fourth-order valence-electron chi connectivity index (χ4n) is 5.14. The number of nitrogens with zero attached hydrogens (tertiary/aromatic N) is 1. The Morgan fingerprint density at radius 1 is 1.19 bits per heavy atom. The molecule has 0 saturated carbocycles. The number of para-hydroxylation sites is 1. The van der Waals surface area contributed by atoms with Crippen LogP contribution < -0.4 is 15.6 Å². The minimum Gasteiger partial charge on any atom is -0.478 e. The third-order valence-electron chi connectivity index (χ3n) is 6.64. The highest BCUT2D eigenvalue weighted by Crippen LogP contribution is 2.42. The van der Waals surface area contributed by atoms with Gasteiger partial charge in [-0.15, -0.1) is 0 Å². The Hall–Kier alpha value is -3.28. The van der Waals surface area contributed by atoms with Crippen molar-refractivity contribution in [3.8, 4) is 0 Å². The van der Waals surface area contributed by atoms with E-state index in [0.717, 1.165) is 24.0 Å². The zero-order valence-corrected chi connectivity index (χ0v) is 17.7. The number of rotatable bonds is 5. The Bertz CT molecular complexity index is 1220. The Labute approximate surface area is 180 Å². The largest absolute Gasteiger partial charge is 0.478 e. The molecule has 0 radical (unpaired) electrons. The molecule has 2 aliphatic heterocycles. The summed E-state index contributed by atoms with van der Waals surface area (Å²) in [7, 11) is 0. The Morgan fingerprint density at radius 2 is 1.94 bits per heavy atom. The van der Waals surface area contributed by atoms with Crippen LogP contribution >= 0.6 is 0 Å². The molecule has 6 nitrogen and oxygen atoms in total. The molecule has 0 spiro atoms. The van der Waals surface area contributed by atoms with Crippen molar-refractivity contribution in [1.29, 1.82) is 0 Å². The first kappa shape index (κ1) is 19.7. The fourth-order valence-corrected chi connectivity index (χ4v) is 5.14. The molecule has 3 atom stereocenters. The summed E-state index contributed by atoms with van der Waals surface area (Å²) in [6.07, 6.45) is 4.69. The minimum atomic E-state index is -0.984. The highest BCUT2D eigenvalue weighted by molar-refractivity contribution is 5.94. The molecule has 2 fully saturated rings. The molecule has 0 amide bonds. The van der Waals surface area contributed by atoms with Crippen molar-refractivity contribution in [2.75, 3.05) is 10.2 Å². The van der Waals surface area contributed by atoms with Gasteiger partial charge in [-0.2, -0.15) is 0 Å². The first-order valence-electron chi connectivity index (χ1n) is 10.9. The Morgan fingerprint density at radius 3 is 2.65 bits per heavy atom. The monoisotopic (exact) mass is 418 g/mol. The zero-order valence-electron chi connectivity index (χ0n) is 17.7. The van der Waals surface area contributed by atoms with Crippen LogP contribution in [0.25, 0.3) is 11.0 Å². The fraction of sp³-hybridized carbons (Fsp3) is 0.360. The summed E-state index contributed by atoms with van der Waals surface area (Å²) in [5.41, 5.74) is 3.09. The van der Waals surface area contributed by atoms with Gasteiger partial charge in [0.05, 0.1) is 17.0 Å². The summed E-state index contributed by atoms with van der Waals surface area (Å²) in [5.74, 6) is -0.329. The number of carboxylic acid groups (broad SMARTS) is 1. The average molecular weight is 418 g/mol. The predicted molar refractivity (Wildman–Crippen MR) is 121 cm³/mol. The topological polar surface area (TPSA) is 82.8 Å². The SMILES string of the molecule is Cc1cc([C@@H](C)Nc2ccccc2C(=O)O)c2oc(N3C4CCCC3C4)cc(=O)c2c1. The van der Waals surface area contributed by atoms with Crippen molar-refractivity contribution in [2.24, 2.45) is 0 Å². The van der Waals surface area contributed by atoms with Crippen LogP contribution in [0.4, 0.5) is 11.6 Å². The molecule has 3 heterocycles. The van der Waals surface area contributed by atoms with Gasteiger partial charge in [-0.05, 0) is 63.3 Å². The van der Waals surface area contributed by atoms with E-state index in [2.05, 4.69) is 10.2 Å². The first-order valence-corrected chi connectivity index (χ1v) is 10.9. The summed E-state index contributed by atoms with van der Waals surface area (Å²) in [4.78, 5) is 26.9. The molecule has 6 heteroatoms. The van der Waals surface area contributed by atoms with Gasteiger partial charge < -0.3 is 19.7 Å². The number of fused-ring (bicyclic) bond motifs is 3. The summed E-state index contributed by atoms with van der Waals surface area (Å²) in [5, 5.41) is 13.4. The molecule has 2 aliphatic rings.